The molecule has 3 rings (SSSR count). The van der Waals surface area contributed by atoms with Crippen LogP contribution in [0.15, 0.2) is 42.5 Å². The van der Waals surface area contributed by atoms with Crippen LogP contribution in [0.4, 0.5) is 4.79 Å². The van der Waals surface area contributed by atoms with Gasteiger partial charge in [0.15, 0.2) is 0 Å². The van der Waals surface area contributed by atoms with Crippen molar-refractivity contribution in [2.45, 2.75) is 25.3 Å². The molecule has 1 heterocycles. The summed E-state index contributed by atoms with van der Waals surface area (Å²) in [6.45, 7) is 1.72. The van der Waals surface area contributed by atoms with Crippen molar-refractivity contribution in [1.29, 1.82) is 0 Å². The average Bonchev–Trinajstić information content (AvgIpc) is 2.66. The number of carbonyl (C=O) groups is 1. The molecule has 0 spiro atoms. The standard InChI is InChI=1S/C20H24N2O4/c1-26-17-4-2-3-14(11-17)13-21-20(25)22-9-7-15(8-10-22)18-6-5-16(23)12-19(18)24/h2-6,11-12,15,23-24H,7-10,13H2,1H3,(H,21,25). The van der Waals surface area contributed by atoms with Crippen LogP contribution in [0, 0.1) is 0 Å². The first kappa shape index (κ1) is 17.9. The maximum Gasteiger partial charge on any atom is 0.317 e. The Morgan fingerprint density at radius 3 is 2.65 bits per heavy atom. The number of rotatable bonds is 4. The van der Waals surface area contributed by atoms with Crippen molar-refractivity contribution < 1.29 is 19.7 Å². The number of hydrogen-bond acceptors (Lipinski definition) is 4. The molecule has 6 heteroatoms. The maximum absolute atomic E-state index is 12.4. The van der Waals surface area contributed by atoms with Gasteiger partial charge >= 0.3 is 6.03 Å². The van der Waals surface area contributed by atoms with Gasteiger partial charge in [-0.3, -0.25) is 0 Å². The molecular weight excluding hydrogens is 332 g/mol. The van der Waals surface area contributed by atoms with Gasteiger partial charge in [0.25, 0.3) is 0 Å². The Morgan fingerprint density at radius 2 is 1.96 bits per heavy atom. The van der Waals surface area contributed by atoms with E-state index in [2.05, 4.69) is 5.32 Å². The van der Waals surface area contributed by atoms with Gasteiger partial charge in [-0.15, -0.1) is 0 Å². The summed E-state index contributed by atoms with van der Waals surface area (Å²) >= 11 is 0. The molecule has 0 unspecified atom stereocenters. The molecule has 6 nitrogen and oxygen atoms in total. The smallest absolute Gasteiger partial charge is 0.317 e. The molecule has 1 aliphatic rings. The van der Waals surface area contributed by atoms with Crippen molar-refractivity contribution in [1.82, 2.24) is 10.2 Å². The molecule has 1 fully saturated rings. The van der Waals surface area contributed by atoms with E-state index in [9.17, 15) is 15.0 Å². The molecular formula is C20H24N2O4. The number of urea groups is 1. The SMILES string of the molecule is COc1cccc(CNC(=O)N2CCC(c3ccc(O)cc3O)CC2)c1. The molecule has 1 saturated heterocycles. The van der Waals surface area contributed by atoms with E-state index in [1.54, 1.807) is 24.1 Å². The van der Waals surface area contributed by atoms with Gasteiger partial charge < -0.3 is 25.2 Å². The lowest BCUT2D eigenvalue weighted by Gasteiger charge is -2.32. The van der Waals surface area contributed by atoms with E-state index in [0.29, 0.717) is 19.6 Å². The number of nitrogens with one attached hydrogen (secondary N) is 1. The fourth-order valence-electron chi connectivity index (χ4n) is 3.34. The zero-order chi connectivity index (χ0) is 18.5. The van der Waals surface area contributed by atoms with E-state index in [1.165, 1.54) is 6.07 Å². The van der Waals surface area contributed by atoms with Gasteiger partial charge in [-0.05, 0) is 48.1 Å². The largest absolute Gasteiger partial charge is 0.508 e. The van der Waals surface area contributed by atoms with E-state index in [0.717, 1.165) is 29.7 Å². The van der Waals surface area contributed by atoms with Crippen LogP contribution < -0.4 is 10.1 Å². The van der Waals surface area contributed by atoms with Crippen molar-refractivity contribution >= 4 is 6.03 Å². The predicted octanol–water partition coefficient (Wildman–Crippen LogP) is 3.20. The molecule has 2 aromatic carbocycles. The normalized spacial score (nSPS) is 14.9. The van der Waals surface area contributed by atoms with Gasteiger partial charge in [0.2, 0.25) is 0 Å². The predicted molar refractivity (Wildman–Crippen MR) is 98.5 cm³/mol. The van der Waals surface area contributed by atoms with Gasteiger partial charge in [0, 0.05) is 25.7 Å². The molecule has 0 bridgehead atoms. The van der Waals surface area contributed by atoms with Crippen LogP contribution in [0.1, 0.15) is 29.9 Å². The number of likely N-dealkylation sites (tertiary alicyclic amines) is 1. The summed E-state index contributed by atoms with van der Waals surface area (Å²) in [5, 5.41) is 22.4. The Labute approximate surface area is 153 Å². The second-order valence-corrected chi connectivity index (χ2v) is 6.51. The van der Waals surface area contributed by atoms with Crippen LogP contribution in [0.2, 0.25) is 0 Å². The van der Waals surface area contributed by atoms with Crippen molar-refractivity contribution in [2.24, 2.45) is 0 Å². The zero-order valence-corrected chi connectivity index (χ0v) is 14.8. The van der Waals surface area contributed by atoms with Crippen LogP contribution in [-0.4, -0.2) is 41.3 Å². The van der Waals surface area contributed by atoms with Crippen molar-refractivity contribution in [3.05, 3.63) is 53.6 Å². The number of amides is 2. The first-order valence-electron chi connectivity index (χ1n) is 8.74. The summed E-state index contributed by atoms with van der Waals surface area (Å²) in [4.78, 5) is 14.2. The number of carbonyl (C=O) groups excluding carboxylic acids is 1. The van der Waals surface area contributed by atoms with Gasteiger partial charge in [-0.1, -0.05) is 18.2 Å². The Bertz CT molecular complexity index is 770. The number of aromatic hydroxyl groups is 2. The Morgan fingerprint density at radius 1 is 1.19 bits per heavy atom. The lowest BCUT2D eigenvalue weighted by molar-refractivity contribution is 0.180. The van der Waals surface area contributed by atoms with Gasteiger partial charge in [0.05, 0.1) is 7.11 Å². The monoisotopic (exact) mass is 356 g/mol. The third kappa shape index (κ3) is 4.20. The van der Waals surface area contributed by atoms with E-state index in [4.69, 9.17) is 4.74 Å². The molecule has 2 amide bonds. The number of hydrogen-bond donors (Lipinski definition) is 3. The summed E-state index contributed by atoms with van der Waals surface area (Å²) < 4.78 is 5.19. The van der Waals surface area contributed by atoms with Crippen molar-refractivity contribution in [3.63, 3.8) is 0 Å². The first-order chi connectivity index (χ1) is 12.6. The quantitative estimate of drug-likeness (QED) is 0.786. The topological polar surface area (TPSA) is 82.0 Å². The van der Waals surface area contributed by atoms with Crippen molar-refractivity contribution in [3.8, 4) is 17.2 Å². The Hall–Kier alpha value is -2.89. The van der Waals surface area contributed by atoms with Crippen LogP contribution in [0.3, 0.4) is 0 Å². The summed E-state index contributed by atoms with van der Waals surface area (Å²) in [5.41, 5.74) is 1.82. The highest BCUT2D eigenvalue weighted by Gasteiger charge is 2.25. The summed E-state index contributed by atoms with van der Waals surface area (Å²) in [5.74, 6) is 1.14. The summed E-state index contributed by atoms with van der Waals surface area (Å²) in [6, 6.07) is 12.2. The molecule has 0 radical (unpaired) electrons. The highest BCUT2D eigenvalue weighted by Crippen LogP contribution is 2.35. The second kappa shape index (κ2) is 7.99. The molecule has 2 aromatic rings. The van der Waals surface area contributed by atoms with Crippen LogP contribution in [0.5, 0.6) is 17.2 Å². The maximum atomic E-state index is 12.4. The zero-order valence-electron chi connectivity index (χ0n) is 14.8. The highest BCUT2D eigenvalue weighted by molar-refractivity contribution is 5.74. The molecule has 0 atom stereocenters. The third-order valence-electron chi connectivity index (χ3n) is 4.81. The second-order valence-electron chi connectivity index (χ2n) is 6.51. The lowest BCUT2D eigenvalue weighted by Crippen LogP contribution is -2.43. The van der Waals surface area contributed by atoms with Crippen molar-refractivity contribution in [2.75, 3.05) is 20.2 Å². The Kier molecular flexibility index (Phi) is 5.51. The molecule has 3 N–H and O–H groups in total. The van der Waals surface area contributed by atoms with Crippen LogP contribution in [-0.2, 0) is 6.54 Å². The number of ether oxygens (including phenoxy) is 1. The molecule has 1 aliphatic heterocycles. The number of phenols is 2. The highest BCUT2D eigenvalue weighted by atomic mass is 16.5. The van der Waals surface area contributed by atoms with E-state index >= 15 is 0 Å². The third-order valence-corrected chi connectivity index (χ3v) is 4.81. The number of methoxy groups -OCH3 is 1. The first-order valence-corrected chi connectivity index (χ1v) is 8.74. The minimum Gasteiger partial charge on any atom is -0.508 e. The lowest BCUT2D eigenvalue weighted by atomic mass is 9.89. The fraction of sp³-hybridized carbons (Fsp3) is 0.350. The number of piperidine rings is 1. The van der Waals surface area contributed by atoms with Gasteiger partial charge in [0.1, 0.15) is 17.2 Å². The molecule has 0 saturated carbocycles. The summed E-state index contributed by atoms with van der Waals surface area (Å²) in [6.07, 6.45) is 1.57. The molecule has 138 valence electrons. The fourth-order valence-corrected chi connectivity index (χ4v) is 3.34. The average molecular weight is 356 g/mol. The number of benzene rings is 2. The Balaban J connectivity index is 1.51. The molecule has 26 heavy (non-hydrogen) atoms. The summed E-state index contributed by atoms with van der Waals surface area (Å²) in [7, 11) is 1.62. The van der Waals surface area contributed by atoms with Crippen LogP contribution in [0.25, 0.3) is 0 Å². The minimum absolute atomic E-state index is 0.0561. The number of phenolic OH excluding ortho intramolecular Hbond substituents is 2. The van der Waals surface area contributed by atoms with Gasteiger partial charge in [-0.25, -0.2) is 4.79 Å². The molecule has 0 aromatic heterocycles. The van der Waals surface area contributed by atoms with Crippen LogP contribution >= 0.6 is 0 Å². The minimum atomic E-state index is -0.0822. The van der Waals surface area contributed by atoms with Gasteiger partial charge in [-0.2, -0.15) is 0 Å². The molecule has 0 aliphatic carbocycles. The number of nitrogens with zero attached hydrogens (tertiary/aromatic N) is 1. The van der Waals surface area contributed by atoms with E-state index < -0.39 is 0 Å². The van der Waals surface area contributed by atoms with E-state index in [-0.39, 0.29) is 23.4 Å². The van der Waals surface area contributed by atoms with E-state index in [1.807, 2.05) is 24.3 Å².